The van der Waals surface area contributed by atoms with E-state index in [9.17, 15) is 9.59 Å². The van der Waals surface area contributed by atoms with Gasteiger partial charge in [0, 0.05) is 6.42 Å². The van der Waals surface area contributed by atoms with E-state index < -0.39 is 5.97 Å². The molecule has 0 bridgehead atoms. The van der Waals surface area contributed by atoms with Crippen molar-refractivity contribution in [2.45, 2.75) is 39.8 Å². The summed E-state index contributed by atoms with van der Waals surface area (Å²) in [6, 6.07) is 6.20. The van der Waals surface area contributed by atoms with Gasteiger partial charge in [0.05, 0.1) is 12.7 Å². The van der Waals surface area contributed by atoms with Crippen LogP contribution < -0.4 is 5.32 Å². The molecule has 0 unspecified atom stereocenters. The Bertz CT molecular complexity index is 709. The smallest absolute Gasteiger partial charge is 0.325 e. The summed E-state index contributed by atoms with van der Waals surface area (Å²) in [6.45, 7) is 4.08. The third kappa shape index (κ3) is 5.21. The highest BCUT2D eigenvalue weighted by molar-refractivity contribution is 5.76. The molecule has 122 valence electrons. The van der Waals surface area contributed by atoms with Crippen molar-refractivity contribution in [3.8, 4) is 0 Å². The zero-order chi connectivity index (χ0) is 16.8. The minimum absolute atomic E-state index is 0.0715. The highest BCUT2D eigenvalue weighted by Gasteiger charge is 2.07. The summed E-state index contributed by atoms with van der Waals surface area (Å²) < 4.78 is 1.22. The first-order chi connectivity index (χ1) is 10.9. The Morgan fingerprint density at radius 3 is 2.78 bits per heavy atom. The molecular formula is C16H20N4O3. The lowest BCUT2D eigenvalue weighted by Crippen LogP contribution is -2.23. The SMILES string of the molecule is Cc1ccc(CCC(=O)NCc2cn(CC(=O)O)nn2)c(C)c1. The fourth-order valence-corrected chi connectivity index (χ4v) is 2.29. The number of hydrogen-bond acceptors (Lipinski definition) is 4. The van der Waals surface area contributed by atoms with Crippen LogP contribution in [0.1, 0.15) is 28.8 Å². The summed E-state index contributed by atoms with van der Waals surface area (Å²) in [4.78, 5) is 22.4. The largest absolute Gasteiger partial charge is 0.480 e. The van der Waals surface area contributed by atoms with Gasteiger partial charge in [-0.15, -0.1) is 5.10 Å². The van der Waals surface area contributed by atoms with E-state index in [1.807, 2.05) is 19.9 Å². The lowest BCUT2D eigenvalue weighted by Gasteiger charge is -2.07. The molecule has 0 saturated heterocycles. The Labute approximate surface area is 134 Å². The lowest BCUT2D eigenvalue weighted by atomic mass is 10.0. The molecule has 23 heavy (non-hydrogen) atoms. The second kappa shape index (κ2) is 7.53. The average Bonchev–Trinajstić information content (AvgIpc) is 2.91. The number of carbonyl (C=O) groups is 2. The number of carboxylic acid groups (broad SMARTS) is 1. The van der Waals surface area contributed by atoms with Crippen LogP contribution in [0.3, 0.4) is 0 Å². The van der Waals surface area contributed by atoms with E-state index in [1.54, 1.807) is 0 Å². The van der Waals surface area contributed by atoms with Crippen LogP contribution in [0.2, 0.25) is 0 Å². The molecule has 1 amide bonds. The van der Waals surface area contributed by atoms with Crippen molar-refractivity contribution >= 4 is 11.9 Å². The van der Waals surface area contributed by atoms with Crippen LogP contribution >= 0.6 is 0 Å². The van der Waals surface area contributed by atoms with Crippen molar-refractivity contribution in [3.63, 3.8) is 0 Å². The number of aromatic nitrogens is 3. The van der Waals surface area contributed by atoms with E-state index in [2.05, 4.69) is 27.8 Å². The molecule has 7 nitrogen and oxygen atoms in total. The maximum Gasteiger partial charge on any atom is 0.325 e. The summed E-state index contributed by atoms with van der Waals surface area (Å²) in [5, 5.41) is 18.9. The fraction of sp³-hybridized carbons (Fsp3) is 0.375. The number of benzene rings is 1. The standard InChI is InChI=1S/C16H20N4O3/c1-11-3-4-13(12(2)7-11)5-6-15(21)17-8-14-9-20(19-18-14)10-16(22)23/h3-4,7,9H,5-6,8,10H2,1-2H3,(H,17,21)(H,22,23). The lowest BCUT2D eigenvalue weighted by molar-refractivity contribution is -0.138. The molecule has 1 aromatic heterocycles. The van der Waals surface area contributed by atoms with Crippen molar-refractivity contribution in [2.24, 2.45) is 0 Å². The van der Waals surface area contributed by atoms with Crippen LogP contribution in [0.4, 0.5) is 0 Å². The summed E-state index contributed by atoms with van der Waals surface area (Å²) >= 11 is 0. The maximum absolute atomic E-state index is 11.9. The van der Waals surface area contributed by atoms with Crippen LogP contribution in [0.5, 0.6) is 0 Å². The van der Waals surface area contributed by atoms with Gasteiger partial charge in [-0.05, 0) is 31.4 Å². The van der Waals surface area contributed by atoms with Crippen LogP contribution in [-0.2, 0) is 29.1 Å². The molecule has 0 saturated carbocycles. The zero-order valence-electron chi connectivity index (χ0n) is 13.2. The molecule has 2 N–H and O–H groups in total. The highest BCUT2D eigenvalue weighted by Crippen LogP contribution is 2.12. The molecule has 7 heteroatoms. The summed E-state index contributed by atoms with van der Waals surface area (Å²) in [5.41, 5.74) is 4.10. The summed E-state index contributed by atoms with van der Waals surface area (Å²) in [7, 11) is 0. The summed E-state index contributed by atoms with van der Waals surface area (Å²) in [6.07, 6.45) is 2.59. The number of nitrogens with zero attached hydrogens (tertiary/aromatic N) is 3. The van der Waals surface area contributed by atoms with Gasteiger partial charge < -0.3 is 10.4 Å². The molecule has 0 radical (unpaired) electrons. The predicted octanol–water partition coefficient (Wildman–Crippen LogP) is 1.23. The fourth-order valence-electron chi connectivity index (χ4n) is 2.29. The van der Waals surface area contributed by atoms with Gasteiger partial charge in [0.1, 0.15) is 12.2 Å². The first kappa shape index (κ1) is 16.7. The molecule has 0 aliphatic carbocycles. The number of hydrogen-bond donors (Lipinski definition) is 2. The first-order valence-electron chi connectivity index (χ1n) is 7.37. The zero-order valence-corrected chi connectivity index (χ0v) is 13.2. The van der Waals surface area contributed by atoms with Gasteiger partial charge in [0.15, 0.2) is 0 Å². The normalized spacial score (nSPS) is 10.5. The van der Waals surface area contributed by atoms with E-state index in [0.29, 0.717) is 18.5 Å². The third-order valence-electron chi connectivity index (χ3n) is 3.47. The molecule has 1 aromatic carbocycles. The van der Waals surface area contributed by atoms with Gasteiger partial charge in [-0.3, -0.25) is 9.59 Å². The monoisotopic (exact) mass is 316 g/mol. The van der Waals surface area contributed by atoms with Crippen LogP contribution in [0, 0.1) is 13.8 Å². The van der Waals surface area contributed by atoms with E-state index in [-0.39, 0.29) is 19.0 Å². The molecule has 2 rings (SSSR count). The number of aryl methyl sites for hydroxylation is 3. The Morgan fingerprint density at radius 2 is 2.09 bits per heavy atom. The van der Waals surface area contributed by atoms with Crippen molar-refractivity contribution in [2.75, 3.05) is 0 Å². The van der Waals surface area contributed by atoms with Gasteiger partial charge >= 0.3 is 5.97 Å². The second-order valence-electron chi connectivity index (χ2n) is 5.51. The molecule has 2 aromatic rings. The Balaban J connectivity index is 1.78. The van der Waals surface area contributed by atoms with E-state index in [0.717, 1.165) is 5.56 Å². The van der Waals surface area contributed by atoms with Crippen LogP contribution in [0.25, 0.3) is 0 Å². The molecule has 0 aliphatic heterocycles. The minimum atomic E-state index is -0.987. The van der Waals surface area contributed by atoms with Gasteiger partial charge in [-0.2, -0.15) is 0 Å². The Kier molecular flexibility index (Phi) is 5.46. The molecule has 0 aliphatic rings. The predicted molar refractivity (Wildman–Crippen MR) is 83.7 cm³/mol. The van der Waals surface area contributed by atoms with Crippen molar-refractivity contribution < 1.29 is 14.7 Å². The first-order valence-corrected chi connectivity index (χ1v) is 7.37. The average molecular weight is 316 g/mol. The quantitative estimate of drug-likeness (QED) is 0.800. The molecule has 0 atom stereocenters. The topological polar surface area (TPSA) is 97.1 Å². The minimum Gasteiger partial charge on any atom is -0.480 e. The van der Waals surface area contributed by atoms with Crippen LogP contribution in [-0.4, -0.2) is 32.0 Å². The Morgan fingerprint density at radius 1 is 1.30 bits per heavy atom. The number of carboxylic acids is 1. The van der Waals surface area contributed by atoms with Gasteiger partial charge in [-0.1, -0.05) is 29.0 Å². The van der Waals surface area contributed by atoms with Crippen molar-refractivity contribution in [3.05, 3.63) is 46.8 Å². The number of rotatable bonds is 7. The summed E-state index contributed by atoms with van der Waals surface area (Å²) in [5.74, 6) is -1.06. The van der Waals surface area contributed by atoms with Crippen molar-refractivity contribution in [1.82, 2.24) is 20.3 Å². The third-order valence-corrected chi connectivity index (χ3v) is 3.47. The highest BCUT2D eigenvalue weighted by atomic mass is 16.4. The van der Waals surface area contributed by atoms with Gasteiger partial charge in [0.2, 0.25) is 5.91 Å². The van der Waals surface area contributed by atoms with Gasteiger partial charge in [-0.25, -0.2) is 4.68 Å². The van der Waals surface area contributed by atoms with E-state index in [4.69, 9.17) is 5.11 Å². The molecule has 0 spiro atoms. The molecule has 1 heterocycles. The number of aliphatic carboxylic acids is 1. The van der Waals surface area contributed by atoms with E-state index >= 15 is 0 Å². The second-order valence-corrected chi connectivity index (χ2v) is 5.51. The van der Waals surface area contributed by atoms with Crippen LogP contribution in [0.15, 0.2) is 24.4 Å². The van der Waals surface area contributed by atoms with Gasteiger partial charge in [0.25, 0.3) is 0 Å². The Hall–Kier alpha value is -2.70. The number of nitrogens with one attached hydrogen (secondary N) is 1. The number of carbonyl (C=O) groups excluding carboxylic acids is 1. The number of amides is 1. The molecular weight excluding hydrogens is 296 g/mol. The maximum atomic E-state index is 11.9. The van der Waals surface area contributed by atoms with Crippen molar-refractivity contribution in [1.29, 1.82) is 0 Å². The molecule has 0 fully saturated rings. The van der Waals surface area contributed by atoms with E-state index in [1.165, 1.54) is 22.0 Å².